The Morgan fingerprint density at radius 3 is 2.74 bits per heavy atom. The molecule has 0 radical (unpaired) electrons. The van der Waals surface area contributed by atoms with Crippen LogP contribution in [0.1, 0.15) is 43.0 Å². The van der Waals surface area contributed by atoms with Crippen molar-refractivity contribution >= 4 is 29.1 Å². The quantitative estimate of drug-likeness (QED) is 0.887. The topological polar surface area (TPSA) is 70.7 Å². The number of aromatic amines is 1. The predicted molar refractivity (Wildman–Crippen MR) is 87.4 cm³/mol. The summed E-state index contributed by atoms with van der Waals surface area (Å²) in [5.41, 5.74) is 0.708. The zero-order valence-corrected chi connectivity index (χ0v) is 13.9. The molecule has 1 heterocycles. The normalized spacial score (nSPS) is 24.8. The highest BCUT2D eigenvalue weighted by atomic mass is 35.5. The van der Waals surface area contributed by atoms with Crippen molar-refractivity contribution in [3.05, 3.63) is 46.0 Å². The number of H-pyrrole nitrogens is 1. The summed E-state index contributed by atoms with van der Waals surface area (Å²) in [6.45, 7) is 0. The van der Waals surface area contributed by atoms with E-state index in [1.165, 1.54) is 6.33 Å². The molecule has 0 saturated heterocycles. The molecular weight excluding hydrogens is 335 g/mol. The van der Waals surface area contributed by atoms with Gasteiger partial charge in [-0.25, -0.2) is 4.98 Å². The van der Waals surface area contributed by atoms with Crippen molar-refractivity contribution in [2.24, 2.45) is 5.92 Å². The van der Waals surface area contributed by atoms with Crippen LogP contribution < -0.4 is 5.32 Å². The van der Waals surface area contributed by atoms with Gasteiger partial charge in [0.15, 0.2) is 0 Å². The molecule has 23 heavy (non-hydrogen) atoms. The van der Waals surface area contributed by atoms with Gasteiger partial charge in [0, 0.05) is 5.92 Å². The lowest BCUT2D eigenvalue weighted by molar-refractivity contribution is -0.125. The molecule has 7 heteroatoms. The number of rotatable bonds is 4. The van der Waals surface area contributed by atoms with Crippen molar-refractivity contribution in [3.63, 3.8) is 0 Å². The molecule has 2 aliphatic carbocycles. The fourth-order valence-corrected chi connectivity index (χ4v) is 3.62. The first-order chi connectivity index (χ1) is 11.1. The van der Waals surface area contributed by atoms with Gasteiger partial charge in [0.25, 0.3) is 0 Å². The Kier molecular flexibility index (Phi) is 3.58. The number of carbonyl (C=O) groups is 1. The van der Waals surface area contributed by atoms with E-state index in [0.717, 1.165) is 37.1 Å². The number of halogens is 2. The molecule has 4 rings (SSSR count). The van der Waals surface area contributed by atoms with Gasteiger partial charge in [-0.1, -0.05) is 29.3 Å². The molecule has 2 fully saturated rings. The Morgan fingerprint density at radius 1 is 1.30 bits per heavy atom. The van der Waals surface area contributed by atoms with Gasteiger partial charge in [0.2, 0.25) is 5.91 Å². The summed E-state index contributed by atoms with van der Waals surface area (Å²) in [5, 5.41) is 11.1. The van der Waals surface area contributed by atoms with Crippen molar-refractivity contribution in [2.45, 2.75) is 37.1 Å². The Morgan fingerprint density at radius 2 is 2.13 bits per heavy atom. The maximum Gasteiger partial charge on any atom is 0.224 e. The molecule has 2 atom stereocenters. The number of nitrogens with one attached hydrogen (secondary N) is 2. The molecular formula is C16H16Cl2N4O. The predicted octanol–water partition coefficient (Wildman–Crippen LogP) is 3.41. The number of carbonyl (C=O) groups excluding carboxylic acids is 1. The average molecular weight is 351 g/mol. The third-order valence-electron chi connectivity index (χ3n) is 4.94. The van der Waals surface area contributed by atoms with Crippen LogP contribution >= 0.6 is 23.2 Å². The summed E-state index contributed by atoms with van der Waals surface area (Å²) in [4.78, 5) is 16.8. The number of amides is 1. The van der Waals surface area contributed by atoms with Crippen LogP contribution in [0.25, 0.3) is 0 Å². The smallest absolute Gasteiger partial charge is 0.224 e. The maximum absolute atomic E-state index is 12.6. The van der Waals surface area contributed by atoms with E-state index in [0.29, 0.717) is 10.0 Å². The SMILES string of the molecule is O=C(NC1(c2ncn[nH]2)CCC1)[C@H]1C[C@H]1c1ccc(Cl)c(Cl)c1. The summed E-state index contributed by atoms with van der Waals surface area (Å²) in [5.74, 6) is 1.05. The zero-order chi connectivity index (χ0) is 16.0. The number of hydrogen-bond donors (Lipinski definition) is 2. The van der Waals surface area contributed by atoms with Crippen molar-refractivity contribution in [2.75, 3.05) is 0 Å². The summed E-state index contributed by atoms with van der Waals surface area (Å²) in [6.07, 6.45) is 5.21. The first-order valence-corrected chi connectivity index (χ1v) is 8.47. The largest absolute Gasteiger partial charge is 0.343 e. The Labute approximate surface area is 143 Å². The van der Waals surface area contributed by atoms with E-state index < -0.39 is 0 Å². The van der Waals surface area contributed by atoms with Gasteiger partial charge >= 0.3 is 0 Å². The average Bonchev–Trinajstić information content (AvgIpc) is 3.11. The summed E-state index contributed by atoms with van der Waals surface area (Å²) in [7, 11) is 0. The van der Waals surface area contributed by atoms with Gasteiger partial charge in [-0.05, 0) is 49.3 Å². The molecule has 1 amide bonds. The minimum atomic E-state index is -0.363. The third-order valence-corrected chi connectivity index (χ3v) is 5.68. The zero-order valence-electron chi connectivity index (χ0n) is 12.4. The molecule has 120 valence electrons. The van der Waals surface area contributed by atoms with Crippen LogP contribution in [0, 0.1) is 5.92 Å². The minimum absolute atomic E-state index is 0.00682. The van der Waals surface area contributed by atoms with Gasteiger partial charge in [-0.2, -0.15) is 5.10 Å². The van der Waals surface area contributed by atoms with Crippen LogP contribution in [-0.4, -0.2) is 21.1 Å². The summed E-state index contributed by atoms with van der Waals surface area (Å²) >= 11 is 12.0. The lowest BCUT2D eigenvalue weighted by atomic mass is 9.76. The molecule has 0 aliphatic heterocycles. The number of benzene rings is 1. The molecule has 0 unspecified atom stereocenters. The van der Waals surface area contributed by atoms with Crippen LogP contribution in [0.5, 0.6) is 0 Å². The van der Waals surface area contributed by atoms with Gasteiger partial charge < -0.3 is 5.32 Å². The highest BCUT2D eigenvalue weighted by Gasteiger charge is 2.49. The van der Waals surface area contributed by atoms with Gasteiger partial charge in [-0.3, -0.25) is 9.89 Å². The van der Waals surface area contributed by atoms with Crippen LogP contribution in [0.15, 0.2) is 24.5 Å². The van der Waals surface area contributed by atoms with E-state index in [2.05, 4.69) is 20.5 Å². The lowest BCUT2D eigenvalue weighted by Gasteiger charge is -2.40. The molecule has 0 bridgehead atoms. The maximum atomic E-state index is 12.6. The van der Waals surface area contributed by atoms with E-state index >= 15 is 0 Å². The number of hydrogen-bond acceptors (Lipinski definition) is 3. The van der Waals surface area contributed by atoms with E-state index in [9.17, 15) is 4.79 Å². The lowest BCUT2D eigenvalue weighted by Crippen LogP contribution is -2.52. The second kappa shape index (κ2) is 5.49. The highest BCUT2D eigenvalue weighted by Crippen LogP contribution is 2.50. The molecule has 0 spiro atoms. The van der Waals surface area contributed by atoms with E-state index in [1.807, 2.05) is 12.1 Å². The van der Waals surface area contributed by atoms with Crippen LogP contribution in [0.3, 0.4) is 0 Å². The first-order valence-electron chi connectivity index (χ1n) is 7.72. The third kappa shape index (κ3) is 2.62. The Balaban J connectivity index is 1.46. The van der Waals surface area contributed by atoms with Crippen molar-refractivity contribution < 1.29 is 4.79 Å². The van der Waals surface area contributed by atoms with Crippen LogP contribution in [-0.2, 0) is 10.3 Å². The fraction of sp³-hybridized carbons (Fsp3) is 0.438. The molecule has 5 nitrogen and oxygen atoms in total. The fourth-order valence-electron chi connectivity index (χ4n) is 3.31. The molecule has 1 aromatic carbocycles. The van der Waals surface area contributed by atoms with Crippen LogP contribution in [0.2, 0.25) is 10.0 Å². The Hall–Kier alpha value is -1.59. The van der Waals surface area contributed by atoms with Gasteiger partial charge in [0.05, 0.1) is 15.6 Å². The Bertz CT molecular complexity index is 743. The van der Waals surface area contributed by atoms with Gasteiger partial charge in [0.1, 0.15) is 12.2 Å². The number of aromatic nitrogens is 3. The summed E-state index contributed by atoms with van der Waals surface area (Å²) in [6, 6.07) is 5.59. The van der Waals surface area contributed by atoms with E-state index in [4.69, 9.17) is 23.2 Å². The second-order valence-corrected chi connectivity index (χ2v) is 7.20. The van der Waals surface area contributed by atoms with Crippen molar-refractivity contribution in [1.82, 2.24) is 20.5 Å². The molecule has 2 N–H and O–H groups in total. The van der Waals surface area contributed by atoms with Crippen LogP contribution in [0.4, 0.5) is 0 Å². The minimum Gasteiger partial charge on any atom is -0.343 e. The molecule has 2 saturated carbocycles. The van der Waals surface area contributed by atoms with E-state index in [-0.39, 0.29) is 23.3 Å². The van der Waals surface area contributed by atoms with E-state index in [1.54, 1.807) is 6.07 Å². The molecule has 2 aliphatic rings. The van der Waals surface area contributed by atoms with Crippen molar-refractivity contribution in [1.29, 1.82) is 0 Å². The first kappa shape index (κ1) is 15.0. The highest BCUT2D eigenvalue weighted by molar-refractivity contribution is 6.42. The monoisotopic (exact) mass is 350 g/mol. The summed E-state index contributed by atoms with van der Waals surface area (Å²) < 4.78 is 0. The second-order valence-electron chi connectivity index (χ2n) is 6.38. The van der Waals surface area contributed by atoms with Gasteiger partial charge in [-0.15, -0.1) is 0 Å². The molecule has 2 aromatic rings. The molecule has 1 aromatic heterocycles. The van der Waals surface area contributed by atoms with Crippen molar-refractivity contribution in [3.8, 4) is 0 Å². The number of nitrogens with zero attached hydrogens (tertiary/aromatic N) is 2. The standard InChI is InChI=1S/C16H16Cl2N4O/c17-12-3-2-9(6-13(12)18)10-7-11(10)14(23)21-16(4-1-5-16)15-19-8-20-22-15/h2-3,6,8,10-11H,1,4-5,7H2,(H,21,23)(H,19,20,22)/t10-,11-/m0/s1.